The molecule has 1 fully saturated rings. The van der Waals surface area contributed by atoms with Gasteiger partial charge < -0.3 is 15.1 Å². The highest BCUT2D eigenvalue weighted by atomic mass is 32.2. The van der Waals surface area contributed by atoms with E-state index in [0.29, 0.717) is 32.7 Å². The van der Waals surface area contributed by atoms with E-state index < -0.39 is 10.0 Å². The van der Waals surface area contributed by atoms with Gasteiger partial charge >= 0.3 is 6.03 Å². The van der Waals surface area contributed by atoms with E-state index >= 15 is 0 Å². The van der Waals surface area contributed by atoms with Crippen LogP contribution in [-0.2, 0) is 10.0 Å². The molecular weight excluding hydrogens is 268 g/mol. The van der Waals surface area contributed by atoms with Crippen molar-refractivity contribution in [3.8, 4) is 0 Å². The predicted octanol–water partition coefficient (Wildman–Crippen LogP) is -0.777. The average Bonchev–Trinajstić information content (AvgIpc) is 2.34. The van der Waals surface area contributed by atoms with E-state index in [1.54, 1.807) is 4.90 Å². The summed E-state index contributed by atoms with van der Waals surface area (Å²) in [6, 6.07) is 0.142. The average molecular weight is 292 g/mol. The van der Waals surface area contributed by atoms with Gasteiger partial charge in [-0.15, -0.1) is 0 Å². The van der Waals surface area contributed by atoms with Gasteiger partial charge in [0.25, 0.3) is 0 Å². The van der Waals surface area contributed by atoms with Crippen LogP contribution < -0.4 is 5.32 Å². The number of urea groups is 1. The summed E-state index contributed by atoms with van der Waals surface area (Å²) in [4.78, 5) is 15.6. The number of hydrogen-bond acceptors (Lipinski definition) is 4. The molecule has 0 aromatic rings. The number of likely N-dealkylation sites (N-methyl/N-ethyl adjacent to an activating group) is 1. The van der Waals surface area contributed by atoms with Gasteiger partial charge in [-0.25, -0.2) is 13.2 Å². The molecule has 1 unspecified atom stereocenters. The number of rotatable bonds is 4. The van der Waals surface area contributed by atoms with Crippen LogP contribution >= 0.6 is 0 Å². The molecule has 2 amide bonds. The van der Waals surface area contributed by atoms with Gasteiger partial charge in [-0.05, 0) is 21.0 Å². The van der Waals surface area contributed by atoms with E-state index in [9.17, 15) is 13.2 Å². The van der Waals surface area contributed by atoms with Crippen LogP contribution in [0.2, 0.25) is 0 Å². The lowest BCUT2D eigenvalue weighted by atomic mass is 10.3. The third kappa shape index (κ3) is 4.96. The molecule has 0 aliphatic carbocycles. The Morgan fingerprint density at radius 2 is 1.79 bits per heavy atom. The van der Waals surface area contributed by atoms with Crippen molar-refractivity contribution in [2.75, 3.05) is 53.1 Å². The van der Waals surface area contributed by atoms with Gasteiger partial charge in [0.2, 0.25) is 10.0 Å². The second-order valence-electron chi connectivity index (χ2n) is 5.15. The smallest absolute Gasteiger partial charge is 0.317 e. The first-order chi connectivity index (χ1) is 8.71. The summed E-state index contributed by atoms with van der Waals surface area (Å²) in [5, 5.41) is 2.86. The number of nitrogens with one attached hydrogen (secondary N) is 1. The number of carbonyl (C=O) groups excluding carboxylic acids is 1. The summed E-state index contributed by atoms with van der Waals surface area (Å²) < 4.78 is 24.1. The molecule has 1 rings (SSSR count). The van der Waals surface area contributed by atoms with E-state index in [4.69, 9.17) is 0 Å². The standard InChI is InChI=1S/C11H24N4O3S/c1-10(13(2)3)9-12-11(16)14-5-7-15(8-6-14)19(4,17)18/h10H,5-9H2,1-4H3,(H,12,16). The molecule has 0 aromatic heterocycles. The van der Waals surface area contributed by atoms with Crippen molar-refractivity contribution in [3.05, 3.63) is 0 Å². The van der Waals surface area contributed by atoms with Crippen LogP contribution in [0.5, 0.6) is 0 Å². The summed E-state index contributed by atoms with van der Waals surface area (Å²) in [6.07, 6.45) is 1.20. The van der Waals surface area contributed by atoms with E-state index in [1.807, 2.05) is 25.9 Å². The summed E-state index contributed by atoms with van der Waals surface area (Å²) >= 11 is 0. The number of sulfonamides is 1. The number of piperazine rings is 1. The quantitative estimate of drug-likeness (QED) is 0.738. The largest absolute Gasteiger partial charge is 0.336 e. The molecule has 8 heteroatoms. The van der Waals surface area contributed by atoms with Crippen molar-refractivity contribution in [3.63, 3.8) is 0 Å². The number of nitrogens with zero attached hydrogens (tertiary/aromatic N) is 3. The number of carbonyl (C=O) groups is 1. The zero-order valence-electron chi connectivity index (χ0n) is 12.1. The van der Waals surface area contributed by atoms with Gasteiger partial charge in [-0.1, -0.05) is 0 Å². The Hall–Kier alpha value is -0.860. The Bertz CT molecular complexity index is 402. The molecule has 7 nitrogen and oxygen atoms in total. The van der Waals surface area contributed by atoms with Crippen LogP contribution in [0.15, 0.2) is 0 Å². The molecular formula is C11H24N4O3S. The van der Waals surface area contributed by atoms with Crippen molar-refractivity contribution >= 4 is 16.1 Å². The van der Waals surface area contributed by atoms with Gasteiger partial charge in [0.15, 0.2) is 0 Å². The molecule has 1 atom stereocenters. The number of hydrogen-bond donors (Lipinski definition) is 1. The van der Waals surface area contributed by atoms with E-state index in [-0.39, 0.29) is 12.1 Å². The molecule has 1 aliphatic rings. The Morgan fingerprint density at radius 3 is 2.21 bits per heavy atom. The highest BCUT2D eigenvalue weighted by Crippen LogP contribution is 2.06. The maximum absolute atomic E-state index is 11.9. The minimum atomic E-state index is -3.14. The molecule has 0 saturated carbocycles. The zero-order valence-corrected chi connectivity index (χ0v) is 12.9. The van der Waals surface area contributed by atoms with Crippen molar-refractivity contribution in [2.45, 2.75) is 13.0 Å². The second kappa shape index (κ2) is 6.53. The lowest BCUT2D eigenvalue weighted by molar-refractivity contribution is 0.169. The molecule has 1 N–H and O–H groups in total. The van der Waals surface area contributed by atoms with Crippen molar-refractivity contribution in [1.29, 1.82) is 0 Å². The lowest BCUT2D eigenvalue weighted by Crippen LogP contribution is -2.54. The van der Waals surface area contributed by atoms with Crippen LogP contribution in [0.25, 0.3) is 0 Å². The van der Waals surface area contributed by atoms with E-state index in [2.05, 4.69) is 5.32 Å². The fourth-order valence-corrected chi connectivity index (χ4v) is 2.58. The normalized spacial score (nSPS) is 19.5. The van der Waals surface area contributed by atoms with Crippen LogP contribution in [0.4, 0.5) is 4.79 Å². The highest BCUT2D eigenvalue weighted by molar-refractivity contribution is 7.88. The third-order valence-electron chi connectivity index (χ3n) is 3.43. The van der Waals surface area contributed by atoms with Crippen molar-refractivity contribution < 1.29 is 13.2 Å². The first-order valence-electron chi connectivity index (χ1n) is 6.36. The van der Waals surface area contributed by atoms with Gasteiger partial charge in [0.05, 0.1) is 6.26 Å². The first kappa shape index (κ1) is 16.2. The number of amides is 2. The minimum Gasteiger partial charge on any atom is -0.336 e. The Kier molecular flexibility index (Phi) is 5.57. The summed E-state index contributed by atoms with van der Waals surface area (Å²) in [5.74, 6) is 0. The summed E-state index contributed by atoms with van der Waals surface area (Å²) in [6.45, 7) is 4.23. The fourth-order valence-electron chi connectivity index (χ4n) is 1.75. The maximum Gasteiger partial charge on any atom is 0.317 e. The van der Waals surface area contributed by atoms with E-state index in [0.717, 1.165) is 0 Å². The molecule has 1 aliphatic heterocycles. The zero-order chi connectivity index (χ0) is 14.6. The molecule has 1 heterocycles. The van der Waals surface area contributed by atoms with Crippen molar-refractivity contribution in [2.24, 2.45) is 0 Å². The minimum absolute atomic E-state index is 0.123. The second-order valence-corrected chi connectivity index (χ2v) is 7.13. The Balaban J connectivity index is 2.37. The molecule has 19 heavy (non-hydrogen) atoms. The van der Waals surface area contributed by atoms with Crippen LogP contribution in [0.1, 0.15) is 6.92 Å². The predicted molar refractivity (Wildman–Crippen MR) is 74.5 cm³/mol. The first-order valence-corrected chi connectivity index (χ1v) is 8.21. The third-order valence-corrected chi connectivity index (χ3v) is 4.73. The summed E-state index contributed by atoms with van der Waals surface area (Å²) in [5.41, 5.74) is 0. The maximum atomic E-state index is 11.9. The van der Waals surface area contributed by atoms with Crippen LogP contribution in [-0.4, -0.2) is 87.7 Å². The molecule has 0 aromatic carbocycles. The topological polar surface area (TPSA) is 73.0 Å². The van der Waals surface area contributed by atoms with Crippen LogP contribution in [0, 0.1) is 0 Å². The van der Waals surface area contributed by atoms with Gasteiger partial charge in [0.1, 0.15) is 0 Å². The lowest BCUT2D eigenvalue weighted by Gasteiger charge is -2.33. The van der Waals surface area contributed by atoms with Crippen LogP contribution in [0.3, 0.4) is 0 Å². The molecule has 112 valence electrons. The molecule has 0 radical (unpaired) electrons. The monoisotopic (exact) mass is 292 g/mol. The van der Waals surface area contributed by atoms with E-state index in [1.165, 1.54) is 10.6 Å². The molecule has 1 saturated heterocycles. The summed E-state index contributed by atoms with van der Waals surface area (Å²) in [7, 11) is 0.776. The molecule has 0 bridgehead atoms. The molecule has 0 spiro atoms. The van der Waals surface area contributed by atoms with Gasteiger partial charge in [-0.3, -0.25) is 0 Å². The Morgan fingerprint density at radius 1 is 1.26 bits per heavy atom. The SMILES string of the molecule is CC(CNC(=O)N1CCN(S(C)(=O)=O)CC1)N(C)C. The van der Waals surface area contributed by atoms with Gasteiger partial charge in [-0.2, -0.15) is 4.31 Å². The van der Waals surface area contributed by atoms with Gasteiger partial charge in [0, 0.05) is 38.8 Å². The Labute approximate surface area is 115 Å². The fraction of sp³-hybridized carbons (Fsp3) is 0.909. The van der Waals surface area contributed by atoms with Crippen molar-refractivity contribution in [1.82, 2.24) is 19.4 Å². The highest BCUT2D eigenvalue weighted by Gasteiger charge is 2.25.